The lowest BCUT2D eigenvalue weighted by atomic mass is 9.91. The van der Waals surface area contributed by atoms with Gasteiger partial charge in [-0.2, -0.15) is 0 Å². The maximum Gasteiger partial charge on any atom is 0.278 e. The van der Waals surface area contributed by atoms with Crippen molar-refractivity contribution in [2.75, 3.05) is 5.88 Å². The molecule has 0 aromatic carbocycles. The third-order valence-corrected chi connectivity index (χ3v) is 4.04. The standard InChI is InChI=1S/C12H11N3O2S/c1-7(16)13-9-2-3-10-8(4-9)5-11-12(10)14-15(17)6-18-11/h2,4-5,10H,3,6H2,1H3/p+1. The number of nitroso groups, excluding NO2 is 1. The number of nitrogens with one attached hydrogen (secondary N) is 1. The van der Waals surface area contributed by atoms with Crippen LogP contribution in [0.15, 0.2) is 39.5 Å². The van der Waals surface area contributed by atoms with Crippen LogP contribution in [0.25, 0.3) is 0 Å². The zero-order chi connectivity index (χ0) is 12.7. The molecule has 2 aliphatic carbocycles. The van der Waals surface area contributed by atoms with Gasteiger partial charge in [-0.25, -0.2) is 0 Å². The Morgan fingerprint density at radius 1 is 1.56 bits per heavy atom. The fourth-order valence-corrected chi connectivity index (χ4v) is 3.19. The van der Waals surface area contributed by atoms with E-state index in [1.165, 1.54) is 18.7 Å². The number of fused-ring (bicyclic) bond motifs is 3. The second-order valence-electron chi connectivity index (χ2n) is 4.39. The first kappa shape index (κ1) is 11.4. The fourth-order valence-electron chi connectivity index (χ4n) is 2.33. The summed E-state index contributed by atoms with van der Waals surface area (Å²) in [6.45, 7) is 1.49. The molecule has 18 heavy (non-hydrogen) atoms. The van der Waals surface area contributed by atoms with Crippen LogP contribution in [0.2, 0.25) is 0 Å². The SMILES string of the molecule is CC(=O)NC1=CCC2C(=C1)C=C1SC[N+](=O)N=C12. The maximum absolute atomic E-state index is 11.3. The highest BCUT2D eigenvalue weighted by molar-refractivity contribution is 8.03. The predicted octanol–water partition coefficient (Wildman–Crippen LogP) is 1.69. The number of hydrazone groups is 1. The van der Waals surface area contributed by atoms with E-state index in [0.29, 0.717) is 5.88 Å². The number of amides is 1. The van der Waals surface area contributed by atoms with Crippen LogP contribution in [0.1, 0.15) is 13.3 Å². The number of hydrogen-bond donors (Lipinski definition) is 1. The van der Waals surface area contributed by atoms with Crippen LogP contribution in [-0.2, 0) is 4.79 Å². The molecule has 5 nitrogen and oxygen atoms in total. The molecule has 0 saturated carbocycles. The molecule has 0 aromatic heterocycles. The average Bonchev–Trinajstić information content (AvgIpc) is 2.65. The summed E-state index contributed by atoms with van der Waals surface area (Å²) in [5.41, 5.74) is 2.82. The van der Waals surface area contributed by atoms with Crippen molar-refractivity contribution in [3.05, 3.63) is 39.3 Å². The molecule has 1 N–H and O–H groups in total. The highest BCUT2D eigenvalue weighted by Gasteiger charge is 2.37. The summed E-state index contributed by atoms with van der Waals surface area (Å²) in [6, 6.07) is 0. The van der Waals surface area contributed by atoms with E-state index < -0.39 is 0 Å². The van der Waals surface area contributed by atoms with Crippen LogP contribution in [0.5, 0.6) is 0 Å². The number of carbonyl (C=O) groups is 1. The Kier molecular flexibility index (Phi) is 2.66. The summed E-state index contributed by atoms with van der Waals surface area (Å²) in [6.07, 6.45) is 6.77. The molecule has 0 saturated heterocycles. The quantitative estimate of drug-likeness (QED) is 0.731. The minimum atomic E-state index is -0.0722. The van der Waals surface area contributed by atoms with E-state index in [2.05, 4.69) is 16.5 Å². The number of allylic oxidation sites excluding steroid dienone is 5. The van der Waals surface area contributed by atoms with E-state index in [-0.39, 0.29) is 11.8 Å². The van der Waals surface area contributed by atoms with E-state index >= 15 is 0 Å². The summed E-state index contributed by atoms with van der Waals surface area (Å²) in [7, 11) is 0. The third-order valence-electron chi connectivity index (χ3n) is 3.05. The largest absolute Gasteiger partial charge is 0.327 e. The molecule has 92 valence electrons. The number of rotatable bonds is 1. The van der Waals surface area contributed by atoms with Crippen molar-refractivity contribution in [2.45, 2.75) is 13.3 Å². The van der Waals surface area contributed by atoms with Crippen LogP contribution >= 0.6 is 11.8 Å². The van der Waals surface area contributed by atoms with Crippen molar-refractivity contribution in [3.63, 3.8) is 0 Å². The molecule has 0 spiro atoms. The van der Waals surface area contributed by atoms with Crippen LogP contribution in [0.4, 0.5) is 0 Å². The molecule has 0 bridgehead atoms. The number of nitrogens with zero attached hydrogens (tertiary/aromatic N) is 2. The Morgan fingerprint density at radius 2 is 2.39 bits per heavy atom. The lowest BCUT2D eigenvalue weighted by molar-refractivity contribution is -0.534. The van der Waals surface area contributed by atoms with Gasteiger partial charge in [0, 0.05) is 28.5 Å². The summed E-state index contributed by atoms with van der Waals surface area (Å²) in [5.74, 6) is 0.445. The number of hydrogen-bond acceptors (Lipinski definition) is 3. The van der Waals surface area contributed by atoms with Gasteiger partial charge in [-0.3, -0.25) is 4.79 Å². The molecular formula is C12H12N3O2S+. The fraction of sp³-hybridized carbons (Fsp3) is 0.333. The van der Waals surface area contributed by atoms with Gasteiger partial charge in [-0.15, -0.1) is 0 Å². The van der Waals surface area contributed by atoms with Crippen molar-refractivity contribution < 1.29 is 9.66 Å². The highest BCUT2D eigenvalue weighted by atomic mass is 32.2. The number of carbonyl (C=O) groups excluding carboxylic acids is 1. The summed E-state index contributed by atoms with van der Waals surface area (Å²) in [4.78, 5) is 24.1. The molecule has 3 rings (SSSR count). The van der Waals surface area contributed by atoms with E-state index in [9.17, 15) is 9.70 Å². The Morgan fingerprint density at radius 3 is 3.17 bits per heavy atom. The zero-order valence-electron chi connectivity index (χ0n) is 9.84. The lowest BCUT2D eigenvalue weighted by Gasteiger charge is -2.17. The Labute approximate surface area is 108 Å². The Balaban J connectivity index is 1.91. The smallest absolute Gasteiger partial charge is 0.278 e. The van der Waals surface area contributed by atoms with E-state index in [4.69, 9.17) is 0 Å². The van der Waals surface area contributed by atoms with Gasteiger partial charge in [0.1, 0.15) is 5.71 Å². The first-order valence-electron chi connectivity index (χ1n) is 5.71. The molecule has 1 atom stereocenters. The summed E-state index contributed by atoms with van der Waals surface area (Å²) in [5, 5.41) is 6.84. The topological polar surface area (TPSA) is 61.5 Å². The normalized spacial score (nSPS) is 25.4. The molecule has 1 amide bonds. The Bertz CT molecular complexity index is 572. The van der Waals surface area contributed by atoms with Crippen molar-refractivity contribution in [1.82, 2.24) is 5.32 Å². The third kappa shape index (κ3) is 1.92. The average molecular weight is 262 g/mol. The van der Waals surface area contributed by atoms with Crippen LogP contribution in [0, 0.1) is 10.8 Å². The first-order chi connectivity index (χ1) is 8.63. The predicted molar refractivity (Wildman–Crippen MR) is 69.7 cm³/mol. The van der Waals surface area contributed by atoms with Gasteiger partial charge in [0.25, 0.3) is 5.88 Å². The van der Waals surface area contributed by atoms with Crippen LogP contribution in [0.3, 0.4) is 0 Å². The van der Waals surface area contributed by atoms with Crippen molar-refractivity contribution >= 4 is 23.4 Å². The summed E-state index contributed by atoms with van der Waals surface area (Å²) >= 11 is 1.52. The van der Waals surface area contributed by atoms with Gasteiger partial charge in [0.15, 0.2) is 4.87 Å². The molecule has 0 radical (unpaired) electrons. The first-order valence-corrected chi connectivity index (χ1v) is 6.69. The van der Waals surface area contributed by atoms with Crippen LogP contribution < -0.4 is 5.32 Å². The maximum atomic E-state index is 11.3. The molecule has 3 aliphatic rings. The van der Waals surface area contributed by atoms with Gasteiger partial charge in [0.2, 0.25) is 5.91 Å². The van der Waals surface area contributed by atoms with E-state index in [0.717, 1.165) is 33.2 Å². The number of thioether (sulfide) groups is 1. The van der Waals surface area contributed by atoms with Crippen molar-refractivity contribution in [1.29, 1.82) is 0 Å². The summed E-state index contributed by atoms with van der Waals surface area (Å²) < 4.78 is 0. The Hall–Kier alpha value is -1.69. The minimum Gasteiger partial charge on any atom is -0.327 e. The van der Waals surface area contributed by atoms with E-state index in [1.54, 1.807) is 0 Å². The van der Waals surface area contributed by atoms with E-state index in [1.807, 2.05) is 12.2 Å². The monoisotopic (exact) mass is 262 g/mol. The highest BCUT2D eigenvalue weighted by Crippen LogP contribution is 2.40. The van der Waals surface area contributed by atoms with Gasteiger partial charge >= 0.3 is 0 Å². The molecular weight excluding hydrogens is 250 g/mol. The molecule has 0 aromatic rings. The van der Waals surface area contributed by atoms with Crippen molar-refractivity contribution in [3.8, 4) is 0 Å². The van der Waals surface area contributed by atoms with Crippen LogP contribution in [-0.4, -0.2) is 22.4 Å². The molecule has 1 unspecified atom stereocenters. The molecule has 6 heteroatoms. The zero-order valence-corrected chi connectivity index (χ0v) is 10.7. The lowest BCUT2D eigenvalue weighted by Crippen LogP contribution is -2.23. The van der Waals surface area contributed by atoms with Gasteiger partial charge < -0.3 is 5.32 Å². The second kappa shape index (κ2) is 4.20. The van der Waals surface area contributed by atoms with Gasteiger partial charge in [-0.1, -0.05) is 6.08 Å². The second-order valence-corrected chi connectivity index (χ2v) is 5.38. The molecule has 0 fully saturated rings. The van der Waals surface area contributed by atoms with Crippen molar-refractivity contribution in [2.24, 2.45) is 11.0 Å². The minimum absolute atomic E-state index is 0.0722. The molecule has 1 aliphatic heterocycles. The van der Waals surface area contributed by atoms with Gasteiger partial charge in [0.05, 0.1) is 4.91 Å². The van der Waals surface area contributed by atoms with Gasteiger partial charge in [-0.05, 0) is 35.9 Å². The molecule has 1 heterocycles.